The third-order valence-electron chi connectivity index (χ3n) is 6.35. The van der Waals surface area contributed by atoms with E-state index in [4.69, 9.17) is 9.84 Å². The topological polar surface area (TPSA) is 154 Å². The van der Waals surface area contributed by atoms with Crippen molar-refractivity contribution in [3.8, 4) is 22.8 Å². The van der Waals surface area contributed by atoms with Crippen LogP contribution < -0.4 is 29.6 Å². The maximum Gasteiger partial charge on any atom is 1.00 e. The Kier molecular flexibility index (Phi) is 11.7. The monoisotopic (exact) mass is 682 g/mol. The van der Waals surface area contributed by atoms with Crippen LogP contribution in [-0.4, -0.2) is 58.3 Å². The first-order valence-corrected chi connectivity index (χ1v) is 13.2. The van der Waals surface area contributed by atoms with E-state index in [0.717, 1.165) is 24.3 Å². The van der Waals surface area contributed by atoms with Crippen LogP contribution in [0.5, 0.6) is 0 Å². The van der Waals surface area contributed by atoms with E-state index in [1.165, 1.54) is 57.7 Å². The van der Waals surface area contributed by atoms with Gasteiger partial charge in [0.25, 0.3) is 0 Å². The number of hydrogen-bond acceptors (Lipinski definition) is 8. The zero-order valence-electron chi connectivity index (χ0n) is 24.9. The molecule has 4 heterocycles. The second-order valence-electron chi connectivity index (χ2n) is 9.43. The predicted molar refractivity (Wildman–Crippen MR) is 152 cm³/mol. The second-order valence-corrected chi connectivity index (χ2v) is 9.43. The third-order valence-corrected chi connectivity index (χ3v) is 6.35. The maximum absolute atomic E-state index is 12.8. The first-order valence-electron chi connectivity index (χ1n) is 13.2. The molecule has 0 bridgehead atoms. The van der Waals surface area contributed by atoms with Crippen molar-refractivity contribution >= 4 is 23.2 Å². The number of nitrogens with zero attached hydrogens (tertiary/aromatic N) is 6. The van der Waals surface area contributed by atoms with Gasteiger partial charge < -0.3 is 15.3 Å². The summed E-state index contributed by atoms with van der Waals surface area (Å²) in [7, 11) is 0. The van der Waals surface area contributed by atoms with Crippen LogP contribution in [0.25, 0.3) is 34.1 Å². The number of fused-ring (bicyclic) bond motifs is 2. The molecule has 2 N–H and O–H groups in total. The minimum atomic E-state index is -4.47. The molecule has 0 amide bonds. The maximum atomic E-state index is 12.8. The van der Waals surface area contributed by atoms with Gasteiger partial charge in [0.15, 0.2) is 22.9 Å². The number of carboxylic acids is 1. The van der Waals surface area contributed by atoms with Crippen LogP contribution in [0.15, 0.2) is 85.2 Å². The minimum absolute atomic E-state index is 0. The molecule has 4 aromatic heterocycles. The molecule has 6 rings (SSSR count). The number of carbonyl (C=O) groups excluding carboxylic acids is 1. The molecule has 18 heteroatoms. The van der Waals surface area contributed by atoms with E-state index < -0.39 is 35.4 Å². The molecule has 244 valence electrons. The van der Waals surface area contributed by atoms with Crippen LogP contribution in [0.2, 0.25) is 0 Å². The molecule has 0 aliphatic rings. The Morgan fingerprint density at radius 1 is 0.729 bits per heavy atom. The van der Waals surface area contributed by atoms with Crippen molar-refractivity contribution in [2.24, 2.45) is 0 Å². The molecule has 48 heavy (non-hydrogen) atoms. The smallest absolute Gasteiger partial charge is 0.870 e. The van der Waals surface area contributed by atoms with Crippen LogP contribution in [0.1, 0.15) is 38.8 Å². The summed E-state index contributed by atoms with van der Waals surface area (Å²) in [6.07, 6.45) is -5.89. The number of esters is 1. The summed E-state index contributed by atoms with van der Waals surface area (Å²) in [5, 5.41) is 17.2. The molecule has 0 fully saturated rings. The molecule has 0 aliphatic heterocycles. The van der Waals surface area contributed by atoms with Gasteiger partial charge in [0.05, 0.1) is 17.7 Å². The molecule has 0 saturated heterocycles. The average molecular weight is 683 g/mol. The van der Waals surface area contributed by atoms with Crippen LogP contribution in [0.4, 0.5) is 26.3 Å². The number of ether oxygens (including phenoxy) is 1. The van der Waals surface area contributed by atoms with Crippen LogP contribution in [-0.2, 0) is 17.1 Å². The van der Waals surface area contributed by atoms with E-state index in [-0.39, 0.29) is 86.8 Å². The molecular formula is C30H21F6N6NaO5. The molecule has 0 saturated carbocycles. The van der Waals surface area contributed by atoms with Crippen molar-refractivity contribution in [3.05, 3.63) is 107 Å². The quantitative estimate of drug-likeness (QED) is 0.163. The van der Waals surface area contributed by atoms with Crippen LogP contribution in [0.3, 0.4) is 0 Å². The number of alkyl halides is 6. The van der Waals surface area contributed by atoms with E-state index in [9.17, 15) is 35.9 Å². The van der Waals surface area contributed by atoms with E-state index >= 15 is 0 Å². The zero-order valence-corrected chi connectivity index (χ0v) is 26.9. The fraction of sp³-hybridized carbons (Fsp3) is 0.133. The van der Waals surface area contributed by atoms with E-state index in [0.29, 0.717) is 0 Å². The Balaban J connectivity index is 0.000000251. The summed E-state index contributed by atoms with van der Waals surface area (Å²) >= 11 is 0. The number of rotatable bonds is 5. The van der Waals surface area contributed by atoms with Crippen molar-refractivity contribution < 1.29 is 80.8 Å². The standard InChI is InChI=1S/C16H12F3N3O2.C14H8F3N3O2.Na.H2O/c1-2-24-15(23)12-7-4-8-22-14(12)20-13(21-22)10-5-3-6-11(9-10)16(17,18)19;15-14(16,17)9-4-1-3-8(7-9)11-18-12-10(13(21)22)5-2-6-20(12)19-11;;/h3-9H,2H2,1H3;1-7H,(H,21,22);;1H2/q;;+1;/p-1. The summed E-state index contributed by atoms with van der Waals surface area (Å²) in [4.78, 5) is 31.3. The largest absolute Gasteiger partial charge is 1.00 e. The molecule has 0 radical (unpaired) electrons. The number of pyridine rings is 2. The van der Waals surface area contributed by atoms with Gasteiger partial charge in [0.1, 0.15) is 11.1 Å². The fourth-order valence-corrected chi connectivity index (χ4v) is 4.26. The Morgan fingerprint density at radius 2 is 1.17 bits per heavy atom. The van der Waals surface area contributed by atoms with Gasteiger partial charge in [0.2, 0.25) is 0 Å². The van der Waals surface area contributed by atoms with Gasteiger partial charge in [0, 0.05) is 23.5 Å². The first-order chi connectivity index (χ1) is 21.8. The number of aromatic carboxylic acids is 1. The Labute approximate surface area is 288 Å². The van der Waals surface area contributed by atoms with E-state index in [1.807, 2.05) is 0 Å². The molecule has 0 unspecified atom stereocenters. The molecule has 2 aromatic carbocycles. The summed E-state index contributed by atoms with van der Waals surface area (Å²) < 4.78 is 84.2. The van der Waals surface area contributed by atoms with Crippen molar-refractivity contribution in [3.63, 3.8) is 0 Å². The second kappa shape index (κ2) is 14.9. The van der Waals surface area contributed by atoms with Crippen LogP contribution in [0, 0.1) is 0 Å². The van der Waals surface area contributed by atoms with Crippen molar-refractivity contribution in [1.82, 2.24) is 29.2 Å². The number of benzene rings is 2. The van der Waals surface area contributed by atoms with Gasteiger partial charge in [-0.2, -0.15) is 26.3 Å². The Morgan fingerprint density at radius 3 is 1.58 bits per heavy atom. The Bertz CT molecular complexity index is 2080. The minimum Gasteiger partial charge on any atom is -0.870 e. The normalized spacial score (nSPS) is 11.2. The van der Waals surface area contributed by atoms with Gasteiger partial charge in [-0.1, -0.05) is 24.3 Å². The number of carboxylic acid groups (broad SMARTS) is 1. The van der Waals surface area contributed by atoms with Crippen molar-refractivity contribution in [2.45, 2.75) is 19.3 Å². The summed E-state index contributed by atoms with van der Waals surface area (Å²) in [5.74, 6) is -1.63. The number of hydrogen-bond donors (Lipinski definition) is 1. The summed E-state index contributed by atoms with van der Waals surface area (Å²) in [6, 6.07) is 15.2. The van der Waals surface area contributed by atoms with Gasteiger partial charge in [-0.3, -0.25) is 0 Å². The molecule has 0 spiro atoms. The van der Waals surface area contributed by atoms with Gasteiger partial charge in [-0.05, 0) is 55.5 Å². The fourth-order valence-electron chi connectivity index (χ4n) is 4.26. The molecule has 11 nitrogen and oxygen atoms in total. The Hall–Kier alpha value is -4.84. The van der Waals surface area contributed by atoms with E-state index in [2.05, 4.69) is 20.2 Å². The number of halogens is 6. The summed E-state index contributed by atoms with van der Waals surface area (Å²) in [5.41, 5.74) is -0.811. The number of aromatic nitrogens is 6. The van der Waals surface area contributed by atoms with Crippen molar-refractivity contribution in [1.29, 1.82) is 0 Å². The van der Waals surface area contributed by atoms with Gasteiger partial charge in [-0.25, -0.2) is 28.6 Å². The molecular weight excluding hydrogens is 661 g/mol. The summed E-state index contributed by atoms with van der Waals surface area (Å²) in [6.45, 7) is 1.88. The van der Waals surface area contributed by atoms with Crippen LogP contribution >= 0.6 is 0 Å². The zero-order chi connectivity index (χ0) is 33.2. The average Bonchev–Trinajstić information content (AvgIpc) is 3.66. The predicted octanol–water partition coefficient (Wildman–Crippen LogP) is 3.53. The van der Waals surface area contributed by atoms with Gasteiger partial charge in [-0.15, -0.1) is 10.2 Å². The number of carbonyl (C=O) groups is 2. The first kappa shape index (κ1) is 37.6. The SMILES string of the molecule is CCOC(=O)c1cccn2nc(-c3cccc(C(F)(F)F)c3)nc12.O=C(O)c1cccn2nc(-c3cccc(C(F)(F)F)c3)nc12.[Na+].[OH-]. The van der Waals surface area contributed by atoms with E-state index in [1.54, 1.807) is 19.2 Å². The van der Waals surface area contributed by atoms with Crippen molar-refractivity contribution in [2.75, 3.05) is 6.61 Å². The molecule has 0 atom stereocenters. The third kappa shape index (κ3) is 8.17. The molecule has 6 aromatic rings. The molecule has 0 aliphatic carbocycles. The van der Waals surface area contributed by atoms with Gasteiger partial charge >= 0.3 is 53.8 Å².